The van der Waals surface area contributed by atoms with Crippen LogP contribution < -0.4 is 0 Å². The van der Waals surface area contributed by atoms with Crippen LogP contribution in [0.1, 0.15) is 22.9 Å². The minimum absolute atomic E-state index is 0.647. The molecule has 0 aliphatic heterocycles. The van der Waals surface area contributed by atoms with Gasteiger partial charge < -0.3 is 5.11 Å². The Morgan fingerprint density at radius 2 is 2.07 bits per heavy atom. The van der Waals surface area contributed by atoms with E-state index in [1.54, 1.807) is 24.7 Å². The van der Waals surface area contributed by atoms with Crippen LogP contribution in [0.4, 0.5) is 0 Å². The van der Waals surface area contributed by atoms with Crippen molar-refractivity contribution in [2.75, 3.05) is 0 Å². The molecule has 0 amide bonds. The molecule has 2 heterocycles. The number of aromatic nitrogens is 2. The van der Waals surface area contributed by atoms with Crippen LogP contribution >= 0.6 is 0 Å². The van der Waals surface area contributed by atoms with E-state index in [4.69, 9.17) is 0 Å². The van der Waals surface area contributed by atoms with Crippen molar-refractivity contribution in [3.63, 3.8) is 0 Å². The third-order valence-corrected chi connectivity index (χ3v) is 2.34. The van der Waals surface area contributed by atoms with Gasteiger partial charge in [0.25, 0.3) is 0 Å². The molecular weight excluding hydrogens is 188 g/mol. The molecule has 3 nitrogen and oxygen atoms in total. The molecule has 0 saturated heterocycles. The first-order chi connectivity index (χ1) is 7.29. The SMILES string of the molecule is Cc1ccncc1C(O)c1ccccn1. The normalized spacial score (nSPS) is 12.4. The van der Waals surface area contributed by atoms with E-state index >= 15 is 0 Å². The summed E-state index contributed by atoms with van der Waals surface area (Å²) in [5.41, 5.74) is 2.47. The number of aryl methyl sites for hydroxylation is 1. The number of hydrogen-bond acceptors (Lipinski definition) is 3. The Morgan fingerprint density at radius 1 is 1.20 bits per heavy atom. The van der Waals surface area contributed by atoms with E-state index in [0.717, 1.165) is 11.1 Å². The van der Waals surface area contributed by atoms with Gasteiger partial charge in [-0.2, -0.15) is 0 Å². The fourth-order valence-corrected chi connectivity index (χ4v) is 1.46. The highest BCUT2D eigenvalue weighted by Crippen LogP contribution is 2.21. The van der Waals surface area contributed by atoms with Crippen molar-refractivity contribution in [3.8, 4) is 0 Å². The summed E-state index contributed by atoms with van der Waals surface area (Å²) in [6, 6.07) is 7.36. The van der Waals surface area contributed by atoms with Crippen LogP contribution in [-0.4, -0.2) is 15.1 Å². The molecular formula is C12H12N2O. The summed E-state index contributed by atoms with van der Waals surface area (Å²) in [6.07, 6.45) is 4.36. The quantitative estimate of drug-likeness (QED) is 0.804. The van der Waals surface area contributed by atoms with E-state index in [1.807, 2.05) is 25.1 Å². The molecule has 2 aromatic heterocycles. The highest BCUT2D eigenvalue weighted by molar-refractivity contribution is 5.29. The highest BCUT2D eigenvalue weighted by Gasteiger charge is 2.13. The summed E-state index contributed by atoms with van der Waals surface area (Å²) in [5, 5.41) is 10.1. The molecule has 1 N–H and O–H groups in total. The first kappa shape index (κ1) is 9.80. The number of aliphatic hydroxyl groups is 1. The zero-order valence-corrected chi connectivity index (χ0v) is 8.46. The molecule has 2 aromatic rings. The second kappa shape index (κ2) is 4.19. The molecule has 15 heavy (non-hydrogen) atoms. The fourth-order valence-electron chi connectivity index (χ4n) is 1.46. The molecule has 0 fully saturated rings. The van der Waals surface area contributed by atoms with E-state index in [-0.39, 0.29) is 0 Å². The van der Waals surface area contributed by atoms with Gasteiger partial charge in [0.2, 0.25) is 0 Å². The van der Waals surface area contributed by atoms with Gasteiger partial charge in [0, 0.05) is 24.2 Å². The second-order valence-electron chi connectivity index (χ2n) is 3.39. The lowest BCUT2D eigenvalue weighted by molar-refractivity contribution is 0.214. The lowest BCUT2D eigenvalue weighted by Gasteiger charge is -2.11. The van der Waals surface area contributed by atoms with Crippen molar-refractivity contribution >= 4 is 0 Å². The third-order valence-electron chi connectivity index (χ3n) is 2.34. The standard InChI is InChI=1S/C12H12N2O/c1-9-5-7-13-8-10(9)12(15)11-4-2-3-6-14-11/h2-8,12,15H,1H3. The lowest BCUT2D eigenvalue weighted by atomic mass is 10.0. The van der Waals surface area contributed by atoms with Gasteiger partial charge in [-0.05, 0) is 30.7 Å². The number of hydrogen-bond donors (Lipinski definition) is 1. The maximum absolute atomic E-state index is 10.1. The Hall–Kier alpha value is -1.74. The maximum Gasteiger partial charge on any atom is 0.123 e. The van der Waals surface area contributed by atoms with Crippen LogP contribution in [0.2, 0.25) is 0 Å². The molecule has 0 saturated carbocycles. The minimum Gasteiger partial charge on any atom is -0.382 e. The molecule has 0 aliphatic carbocycles. The largest absolute Gasteiger partial charge is 0.382 e. The van der Waals surface area contributed by atoms with Crippen LogP contribution in [0.25, 0.3) is 0 Å². The fraction of sp³-hybridized carbons (Fsp3) is 0.167. The Balaban J connectivity index is 2.37. The molecule has 3 heteroatoms. The Kier molecular flexibility index (Phi) is 2.74. The van der Waals surface area contributed by atoms with E-state index < -0.39 is 6.10 Å². The Labute approximate surface area is 88.5 Å². The molecule has 0 aliphatic rings. The number of aliphatic hydroxyl groups excluding tert-OH is 1. The van der Waals surface area contributed by atoms with Crippen molar-refractivity contribution in [2.45, 2.75) is 13.0 Å². The second-order valence-corrected chi connectivity index (χ2v) is 3.39. The summed E-state index contributed by atoms with van der Waals surface area (Å²) >= 11 is 0. The average Bonchev–Trinajstić information content (AvgIpc) is 2.30. The summed E-state index contributed by atoms with van der Waals surface area (Å²) in [5.74, 6) is 0. The monoisotopic (exact) mass is 200 g/mol. The first-order valence-corrected chi connectivity index (χ1v) is 4.78. The molecule has 1 unspecified atom stereocenters. The van der Waals surface area contributed by atoms with E-state index in [1.165, 1.54) is 0 Å². The van der Waals surface area contributed by atoms with Crippen LogP contribution in [0, 0.1) is 6.92 Å². The summed E-state index contributed by atoms with van der Waals surface area (Å²) in [4.78, 5) is 8.12. The van der Waals surface area contributed by atoms with Crippen molar-refractivity contribution < 1.29 is 5.11 Å². The zero-order valence-electron chi connectivity index (χ0n) is 8.46. The van der Waals surface area contributed by atoms with Gasteiger partial charge in [-0.3, -0.25) is 9.97 Å². The molecule has 2 rings (SSSR count). The summed E-state index contributed by atoms with van der Waals surface area (Å²) in [6.45, 7) is 1.95. The number of pyridine rings is 2. The van der Waals surface area contributed by atoms with E-state index in [9.17, 15) is 5.11 Å². The van der Waals surface area contributed by atoms with Crippen molar-refractivity contribution in [3.05, 3.63) is 59.7 Å². The van der Waals surface area contributed by atoms with Crippen LogP contribution in [0.5, 0.6) is 0 Å². The summed E-state index contributed by atoms with van der Waals surface area (Å²) < 4.78 is 0. The molecule has 0 aromatic carbocycles. The maximum atomic E-state index is 10.1. The van der Waals surface area contributed by atoms with Crippen LogP contribution in [-0.2, 0) is 0 Å². The molecule has 0 bridgehead atoms. The highest BCUT2D eigenvalue weighted by atomic mass is 16.3. The average molecular weight is 200 g/mol. The van der Waals surface area contributed by atoms with E-state index in [2.05, 4.69) is 9.97 Å². The van der Waals surface area contributed by atoms with Gasteiger partial charge in [-0.1, -0.05) is 6.07 Å². The van der Waals surface area contributed by atoms with Gasteiger partial charge >= 0.3 is 0 Å². The lowest BCUT2D eigenvalue weighted by Crippen LogP contribution is -2.04. The molecule has 0 spiro atoms. The van der Waals surface area contributed by atoms with Crippen LogP contribution in [0.15, 0.2) is 42.9 Å². The smallest absolute Gasteiger partial charge is 0.123 e. The minimum atomic E-state index is -0.695. The Morgan fingerprint density at radius 3 is 2.73 bits per heavy atom. The predicted molar refractivity (Wildman–Crippen MR) is 57.3 cm³/mol. The Bertz CT molecular complexity index is 442. The zero-order chi connectivity index (χ0) is 10.7. The molecule has 1 atom stereocenters. The van der Waals surface area contributed by atoms with Crippen molar-refractivity contribution in [1.29, 1.82) is 0 Å². The number of nitrogens with zero attached hydrogens (tertiary/aromatic N) is 2. The number of rotatable bonds is 2. The van der Waals surface area contributed by atoms with Gasteiger partial charge in [0.15, 0.2) is 0 Å². The van der Waals surface area contributed by atoms with Gasteiger partial charge in [0.1, 0.15) is 6.10 Å². The van der Waals surface area contributed by atoms with Crippen molar-refractivity contribution in [1.82, 2.24) is 9.97 Å². The van der Waals surface area contributed by atoms with Gasteiger partial charge in [-0.15, -0.1) is 0 Å². The predicted octanol–water partition coefficient (Wildman–Crippen LogP) is 1.87. The third kappa shape index (κ3) is 2.02. The summed E-state index contributed by atoms with van der Waals surface area (Å²) in [7, 11) is 0. The van der Waals surface area contributed by atoms with Gasteiger partial charge in [0.05, 0.1) is 5.69 Å². The van der Waals surface area contributed by atoms with E-state index in [0.29, 0.717) is 5.69 Å². The van der Waals surface area contributed by atoms with Gasteiger partial charge in [-0.25, -0.2) is 0 Å². The van der Waals surface area contributed by atoms with Crippen molar-refractivity contribution in [2.24, 2.45) is 0 Å². The molecule has 0 radical (unpaired) electrons. The topological polar surface area (TPSA) is 46.0 Å². The van der Waals surface area contributed by atoms with Crippen LogP contribution in [0.3, 0.4) is 0 Å². The molecule has 76 valence electrons. The first-order valence-electron chi connectivity index (χ1n) is 4.78.